The molecule has 2 unspecified atom stereocenters. The van der Waals surface area contributed by atoms with E-state index < -0.39 is 11.1 Å². The van der Waals surface area contributed by atoms with Crippen LogP contribution in [0.4, 0.5) is 15.2 Å². The lowest BCUT2D eigenvalue weighted by molar-refractivity contribution is -0.115. The van der Waals surface area contributed by atoms with Crippen molar-refractivity contribution in [1.29, 1.82) is 0 Å². The van der Waals surface area contributed by atoms with Crippen LogP contribution in [0.5, 0.6) is 0 Å². The van der Waals surface area contributed by atoms with Gasteiger partial charge in [-0.1, -0.05) is 34.7 Å². The number of halogens is 2. The minimum absolute atomic E-state index is 0.100. The number of nitrogens with one attached hydrogen (secondary N) is 2. The van der Waals surface area contributed by atoms with Gasteiger partial charge in [0, 0.05) is 18.2 Å². The fourth-order valence-electron chi connectivity index (χ4n) is 2.37. The molecule has 3 rings (SSSR count). The van der Waals surface area contributed by atoms with E-state index in [2.05, 4.69) is 20.8 Å². The number of carbonyl (C=O) groups excluding carboxylic acids is 1. The molecule has 6 nitrogen and oxygen atoms in total. The molecule has 2 heterocycles. The number of amides is 1. The summed E-state index contributed by atoms with van der Waals surface area (Å²) in [6, 6.07) is 4.12. The number of hydrogen-bond acceptors (Lipinski definition) is 7. The average Bonchev–Trinajstić information content (AvgIpc) is 3.27. The van der Waals surface area contributed by atoms with E-state index >= 15 is 0 Å². The van der Waals surface area contributed by atoms with E-state index in [-0.39, 0.29) is 22.7 Å². The molecule has 2 aromatic rings. The summed E-state index contributed by atoms with van der Waals surface area (Å²) in [5.74, 6) is -0.889. The van der Waals surface area contributed by atoms with E-state index in [0.717, 1.165) is 25.5 Å². The highest BCUT2D eigenvalue weighted by molar-refractivity contribution is 8.02. The van der Waals surface area contributed by atoms with E-state index in [1.165, 1.54) is 35.2 Å². The molecule has 1 aliphatic heterocycles. The summed E-state index contributed by atoms with van der Waals surface area (Å²) in [5.41, 5.74) is 0.100. The van der Waals surface area contributed by atoms with Crippen LogP contribution in [0, 0.1) is 5.82 Å². The first-order chi connectivity index (χ1) is 12.5. The second kappa shape index (κ2) is 8.98. The van der Waals surface area contributed by atoms with Crippen molar-refractivity contribution < 1.29 is 13.9 Å². The number of ether oxygens (including phenoxy) is 1. The molecular weight excluding hydrogens is 399 g/mol. The number of benzene rings is 1. The normalized spacial score (nSPS) is 17.9. The van der Waals surface area contributed by atoms with Gasteiger partial charge in [0.1, 0.15) is 5.82 Å². The summed E-state index contributed by atoms with van der Waals surface area (Å²) < 4.78 is 20.0. The molecule has 1 aromatic heterocycles. The first-order valence-corrected chi connectivity index (χ1v) is 10.2. The molecule has 2 N–H and O–H groups in total. The fraction of sp³-hybridized carbons (Fsp3) is 0.438. The van der Waals surface area contributed by atoms with Gasteiger partial charge in [0.2, 0.25) is 11.0 Å². The summed E-state index contributed by atoms with van der Waals surface area (Å²) in [6.45, 7) is 3.24. The minimum Gasteiger partial charge on any atom is -0.376 e. The van der Waals surface area contributed by atoms with E-state index in [0.29, 0.717) is 16.0 Å². The highest BCUT2D eigenvalue weighted by atomic mass is 35.5. The third kappa shape index (κ3) is 5.29. The molecule has 1 aromatic carbocycles. The highest BCUT2D eigenvalue weighted by Crippen LogP contribution is 2.30. The monoisotopic (exact) mass is 416 g/mol. The van der Waals surface area contributed by atoms with Crippen LogP contribution < -0.4 is 10.6 Å². The largest absolute Gasteiger partial charge is 0.376 e. The fourth-order valence-corrected chi connectivity index (χ4v) is 4.43. The van der Waals surface area contributed by atoms with E-state index in [4.69, 9.17) is 16.3 Å². The van der Waals surface area contributed by atoms with Gasteiger partial charge in [0.15, 0.2) is 4.34 Å². The lowest BCUT2D eigenvalue weighted by Crippen LogP contribution is -2.22. The summed E-state index contributed by atoms with van der Waals surface area (Å²) in [6.07, 6.45) is 2.35. The van der Waals surface area contributed by atoms with Gasteiger partial charge in [-0.25, -0.2) is 4.39 Å². The van der Waals surface area contributed by atoms with Gasteiger partial charge in [0.05, 0.1) is 17.0 Å². The van der Waals surface area contributed by atoms with Crippen molar-refractivity contribution in [3.05, 3.63) is 29.0 Å². The van der Waals surface area contributed by atoms with Crippen LogP contribution in [0.3, 0.4) is 0 Å². The molecule has 0 saturated carbocycles. The Hall–Kier alpha value is -1.42. The SMILES string of the molecule is CC(Sc1nnc(NCC2CCCO2)s1)C(=O)Nc1ccc(Cl)cc1F. The average molecular weight is 417 g/mol. The molecule has 10 heteroatoms. The van der Waals surface area contributed by atoms with Crippen molar-refractivity contribution in [2.45, 2.75) is 35.5 Å². The number of rotatable bonds is 7. The summed E-state index contributed by atoms with van der Waals surface area (Å²) in [7, 11) is 0. The van der Waals surface area contributed by atoms with Gasteiger partial charge in [0.25, 0.3) is 0 Å². The first-order valence-electron chi connectivity index (χ1n) is 8.13. The molecule has 1 saturated heterocycles. The minimum atomic E-state index is -0.570. The van der Waals surface area contributed by atoms with Gasteiger partial charge in [-0.3, -0.25) is 4.79 Å². The van der Waals surface area contributed by atoms with Crippen LogP contribution >= 0.6 is 34.7 Å². The van der Waals surface area contributed by atoms with Crippen molar-refractivity contribution in [2.75, 3.05) is 23.8 Å². The smallest absolute Gasteiger partial charge is 0.237 e. The number of nitrogens with zero attached hydrogens (tertiary/aromatic N) is 2. The standard InChI is InChI=1S/C16H18ClFN4O2S2/c1-9(14(23)20-13-5-4-10(17)7-12(13)18)25-16-22-21-15(26-16)19-8-11-3-2-6-24-11/h4-5,7,9,11H,2-3,6,8H2,1H3,(H,19,21)(H,20,23). The zero-order valence-electron chi connectivity index (χ0n) is 14.0. The van der Waals surface area contributed by atoms with Gasteiger partial charge < -0.3 is 15.4 Å². The Morgan fingerprint density at radius 3 is 3.12 bits per heavy atom. The second-order valence-electron chi connectivity index (χ2n) is 5.76. The molecule has 0 aliphatic carbocycles. The highest BCUT2D eigenvalue weighted by Gasteiger charge is 2.19. The Morgan fingerprint density at radius 2 is 2.38 bits per heavy atom. The van der Waals surface area contributed by atoms with Crippen LogP contribution in [-0.2, 0) is 9.53 Å². The maximum absolute atomic E-state index is 13.8. The summed E-state index contributed by atoms with van der Waals surface area (Å²) >= 11 is 8.36. The predicted molar refractivity (Wildman–Crippen MR) is 103 cm³/mol. The molecule has 0 radical (unpaired) electrons. The maximum Gasteiger partial charge on any atom is 0.237 e. The van der Waals surface area contributed by atoms with Crippen LogP contribution in [0.2, 0.25) is 5.02 Å². The first kappa shape index (κ1) is 19.3. The Kier molecular flexibility index (Phi) is 6.68. The third-order valence-corrected chi connectivity index (χ3v) is 6.05. The summed E-state index contributed by atoms with van der Waals surface area (Å²) in [4.78, 5) is 12.3. The number of hydrogen-bond donors (Lipinski definition) is 2. The lowest BCUT2D eigenvalue weighted by Gasteiger charge is -2.11. The zero-order chi connectivity index (χ0) is 18.5. The Bertz CT molecular complexity index is 770. The number of anilines is 2. The van der Waals surface area contributed by atoms with Crippen LogP contribution in [0.25, 0.3) is 0 Å². The van der Waals surface area contributed by atoms with Crippen LogP contribution in [0.1, 0.15) is 19.8 Å². The molecule has 0 spiro atoms. The Balaban J connectivity index is 1.50. The van der Waals surface area contributed by atoms with Crippen molar-refractivity contribution >= 4 is 51.4 Å². The Morgan fingerprint density at radius 1 is 1.54 bits per heavy atom. The molecular formula is C16H18ClFN4O2S2. The van der Waals surface area contributed by atoms with Gasteiger partial charge >= 0.3 is 0 Å². The van der Waals surface area contributed by atoms with E-state index in [1.54, 1.807) is 6.92 Å². The predicted octanol–water partition coefficient (Wildman–Crippen LogP) is 4.04. The van der Waals surface area contributed by atoms with Crippen LogP contribution in [-0.4, -0.2) is 40.6 Å². The second-order valence-corrected chi connectivity index (χ2v) is 8.76. The molecule has 140 valence electrons. The number of carbonyl (C=O) groups is 1. The van der Waals surface area contributed by atoms with Crippen molar-refractivity contribution in [3.8, 4) is 0 Å². The molecule has 26 heavy (non-hydrogen) atoms. The lowest BCUT2D eigenvalue weighted by atomic mass is 10.2. The maximum atomic E-state index is 13.8. The topological polar surface area (TPSA) is 76.1 Å². The van der Waals surface area contributed by atoms with E-state index in [1.807, 2.05) is 0 Å². The molecule has 0 bridgehead atoms. The third-order valence-electron chi connectivity index (χ3n) is 3.75. The van der Waals surface area contributed by atoms with Gasteiger partial charge in [-0.05, 0) is 38.0 Å². The van der Waals surface area contributed by atoms with Crippen molar-refractivity contribution in [2.24, 2.45) is 0 Å². The van der Waals surface area contributed by atoms with Crippen molar-refractivity contribution in [1.82, 2.24) is 10.2 Å². The quantitative estimate of drug-likeness (QED) is 0.663. The number of thioether (sulfide) groups is 1. The van der Waals surface area contributed by atoms with Gasteiger partial charge in [-0.2, -0.15) is 0 Å². The van der Waals surface area contributed by atoms with Crippen molar-refractivity contribution in [3.63, 3.8) is 0 Å². The Labute approximate surface area is 163 Å². The molecule has 1 aliphatic rings. The number of aromatic nitrogens is 2. The van der Waals surface area contributed by atoms with E-state index in [9.17, 15) is 9.18 Å². The molecule has 2 atom stereocenters. The van der Waals surface area contributed by atoms with Gasteiger partial charge in [-0.15, -0.1) is 10.2 Å². The molecule has 1 amide bonds. The van der Waals surface area contributed by atoms with Crippen LogP contribution in [0.15, 0.2) is 22.5 Å². The summed E-state index contributed by atoms with van der Waals surface area (Å²) in [5, 5.41) is 14.4. The zero-order valence-corrected chi connectivity index (χ0v) is 16.4. The molecule has 1 fully saturated rings.